The van der Waals surface area contributed by atoms with E-state index in [-0.39, 0.29) is 17.5 Å². The van der Waals surface area contributed by atoms with Crippen molar-refractivity contribution in [2.24, 2.45) is 10.9 Å². The van der Waals surface area contributed by atoms with Gasteiger partial charge >= 0.3 is 6.09 Å². The Bertz CT molecular complexity index is 1000. The molecule has 6 nitrogen and oxygen atoms in total. The van der Waals surface area contributed by atoms with Crippen LogP contribution in [-0.4, -0.2) is 60.9 Å². The zero-order valence-electron chi connectivity index (χ0n) is 22.3. The van der Waals surface area contributed by atoms with Crippen molar-refractivity contribution in [3.8, 4) is 0 Å². The van der Waals surface area contributed by atoms with E-state index in [4.69, 9.17) is 9.47 Å². The Kier molecular flexibility index (Phi) is 9.97. The third kappa shape index (κ3) is 7.38. The maximum Gasteiger partial charge on any atom is 0.418 e. The molecule has 0 saturated heterocycles. The summed E-state index contributed by atoms with van der Waals surface area (Å²) in [4.78, 5) is 31.4. The van der Waals surface area contributed by atoms with Crippen molar-refractivity contribution in [3.05, 3.63) is 34.1 Å². The van der Waals surface area contributed by atoms with Crippen LogP contribution in [0.2, 0.25) is 25.7 Å². The first kappa shape index (κ1) is 30.9. The summed E-state index contributed by atoms with van der Waals surface area (Å²) in [6.45, 7) is 14.3. The summed E-state index contributed by atoms with van der Waals surface area (Å²) in [7, 11) is -1.39. The van der Waals surface area contributed by atoms with Crippen molar-refractivity contribution in [2.75, 3.05) is 20.0 Å². The van der Waals surface area contributed by atoms with E-state index >= 15 is 8.78 Å². The number of nitrogens with zero attached hydrogens (tertiary/aromatic N) is 2. The van der Waals surface area contributed by atoms with Gasteiger partial charge in [0.25, 0.3) is 0 Å². The van der Waals surface area contributed by atoms with E-state index in [0.717, 1.165) is 17.8 Å². The predicted molar refractivity (Wildman–Crippen MR) is 147 cm³/mol. The molecule has 0 spiro atoms. The minimum Gasteiger partial charge on any atom is -0.443 e. The number of amidine groups is 1. The second-order valence-electron chi connectivity index (χ2n) is 11.5. The van der Waals surface area contributed by atoms with Crippen molar-refractivity contribution in [1.29, 1.82) is 0 Å². The molecular weight excluding hydrogens is 570 g/mol. The maximum absolute atomic E-state index is 15.1. The quantitative estimate of drug-likeness (QED) is 0.138. The van der Waals surface area contributed by atoms with E-state index in [1.54, 1.807) is 34.6 Å². The number of carbonyl (C=O) groups is 2. The zero-order valence-corrected chi connectivity index (χ0v) is 25.7. The van der Waals surface area contributed by atoms with Gasteiger partial charge in [0.05, 0.1) is 4.75 Å². The van der Waals surface area contributed by atoms with Crippen LogP contribution in [0.25, 0.3) is 0 Å². The Balaban J connectivity index is 2.64. The molecule has 3 atom stereocenters. The summed E-state index contributed by atoms with van der Waals surface area (Å²) in [6.07, 6.45) is -0.0385. The normalized spacial score (nSPS) is 24.8. The third-order valence-corrected chi connectivity index (χ3v) is 9.66. The van der Waals surface area contributed by atoms with E-state index in [9.17, 15) is 9.59 Å². The number of hydrogen-bond donors (Lipinski definition) is 0. The van der Waals surface area contributed by atoms with Crippen LogP contribution in [0.1, 0.15) is 40.2 Å². The number of thioether (sulfide) groups is 1. The van der Waals surface area contributed by atoms with Crippen molar-refractivity contribution in [1.82, 2.24) is 4.90 Å². The van der Waals surface area contributed by atoms with Crippen LogP contribution in [0.4, 0.5) is 13.6 Å². The summed E-state index contributed by atoms with van der Waals surface area (Å²) in [5, 5.41) is 0.0435. The molecule has 0 saturated carbocycles. The molecule has 0 N–H and O–H groups in total. The van der Waals surface area contributed by atoms with E-state index in [1.165, 1.54) is 23.1 Å². The number of halogens is 3. The molecule has 11 heteroatoms. The molecule has 0 radical (unpaired) electrons. The van der Waals surface area contributed by atoms with Crippen LogP contribution in [0.3, 0.4) is 0 Å². The Morgan fingerprint density at radius 2 is 1.97 bits per heavy atom. The van der Waals surface area contributed by atoms with Gasteiger partial charge in [-0.15, -0.1) is 0 Å². The minimum atomic E-state index is -1.75. The predicted octanol–water partition coefficient (Wildman–Crippen LogP) is 7.00. The average molecular weight is 608 g/mol. The summed E-state index contributed by atoms with van der Waals surface area (Å²) in [5.41, 5.74) is -2.56. The molecule has 1 aromatic rings. The van der Waals surface area contributed by atoms with Crippen LogP contribution >= 0.6 is 27.7 Å². The van der Waals surface area contributed by atoms with Crippen molar-refractivity contribution >= 4 is 53.3 Å². The lowest BCUT2D eigenvalue weighted by Crippen LogP contribution is -2.54. The van der Waals surface area contributed by atoms with Crippen LogP contribution in [-0.2, 0) is 19.8 Å². The fourth-order valence-electron chi connectivity index (χ4n) is 3.67. The number of carbonyl (C=O) groups excluding carboxylic acids is 2. The highest BCUT2D eigenvalue weighted by molar-refractivity contribution is 9.10. The molecular formula is C25H37BrF2N2O4SSi. The molecule has 0 unspecified atom stereocenters. The first-order chi connectivity index (χ1) is 16.5. The highest BCUT2D eigenvalue weighted by Crippen LogP contribution is 2.51. The summed E-state index contributed by atoms with van der Waals surface area (Å²) < 4.78 is 40.9. The van der Waals surface area contributed by atoms with E-state index in [0.29, 0.717) is 17.4 Å². The van der Waals surface area contributed by atoms with Crippen LogP contribution in [0.5, 0.6) is 0 Å². The van der Waals surface area contributed by atoms with Gasteiger partial charge in [0, 0.05) is 30.6 Å². The highest BCUT2D eigenvalue weighted by atomic mass is 79.9. The molecule has 1 aliphatic rings. The zero-order chi connectivity index (χ0) is 27.5. The van der Waals surface area contributed by atoms with Crippen LogP contribution in [0.15, 0.2) is 27.7 Å². The minimum absolute atomic E-state index is 0.00143. The van der Waals surface area contributed by atoms with E-state index < -0.39 is 48.5 Å². The van der Waals surface area contributed by atoms with Gasteiger partial charge in [-0.1, -0.05) is 54.3 Å². The number of hydrogen-bond acceptors (Lipinski definition) is 6. The van der Waals surface area contributed by atoms with Gasteiger partial charge in [-0.25, -0.2) is 23.5 Å². The topological polar surface area (TPSA) is 68.2 Å². The second kappa shape index (κ2) is 11.6. The Morgan fingerprint density at radius 3 is 2.50 bits per heavy atom. The summed E-state index contributed by atoms with van der Waals surface area (Å²) in [6, 6.07) is 5.07. The number of amides is 1. The summed E-state index contributed by atoms with van der Waals surface area (Å²) in [5.74, 6) is -1.39. The summed E-state index contributed by atoms with van der Waals surface area (Å²) >= 11 is 4.35. The number of aliphatic imine (C=N–C) groups is 1. The first-order valence-electron chi connectivity index (χ1n) is 11.8. The molecule has 0 bridgehead atoms. The standard InChI is InChI=1S/C25H37BrF2N2O4SSi/c1-17-24(5,15-31)35-21(29-25(17,14-27)19-13-18(26)9-10-20(19)28)30(22(32)34-23(2,3)4)16-33-11-12-36(6,7)8/h9-10,13,15,17H,11-12,14,16H2,1-8H3/t17-,24-,25+/m1/s1. The van der Waals surface area contributed by atoms with Gasteiger partial charge < -0.3 is 14.3 Å². The number of benzene rings is 1. The largest absolute Gasteiger partial charge is 0.443 e. The molecule has 1 aromatic carbocycles. The highest BCUT2D eigenvalue weighted by Gasteiger charge is 2.54. The lowest BCUT2D eigenvalue weighted by molar-refractivity contribution is -0.111. The number of ether oxygens (including phenoxy) is 2. The van der Waals surface area contributed by atoms with Crippen LogP contribution < -0.4 is 0 Å². The van der Waals surface area contributed by atoms with Crippen molar-refractivity contribution in [2.45, 2.75) is 76.2 Å². The van der Waals surface area contributed by atoms with Gasteiger partial charge in [0.1, 0.15) is 36.6 Å². The fraction of sp³-hybridized carbons (Fsp3) is 0.640. The smallest absolute Gasteiger partial charge is 0.418 e. The molecule has 1 amide bonds. The monoisotopic (exact) mass is 606 g/mol. The number of aldehydes is 1. The third-order valence-electron chi connectivity index (χ3n) is 6.08. The Morgan fingerprint density at radius 1 is 1.33 bits per heavy atom. The van der Waals surface area contributed by atoms with Crippen molar-refractivity contribution in [3.63, 3.8) is 0 Å². The molecule has 0 aliphatic carbocycles. The first-order valence-corrected chi connectivity index (χ1v) is 17.1. The average Bonchev–Trinajstić information content (AvgIpc) is 2.75. The van der Waals surface area contributed by atoms with Gasteiger partial charge in [-0.05, 0) is 51.9 Å². The molecule has 0 aromatic heterocycles. The van der Waals surface area contributed by atoms with Crippen LogP contribution in [0, 0.1) is 11.7 Å². The number of alkyl halides is 1. The second-order valence-corrected chi connectivity index (χ2v) is 19.4. The molecule has 202 valence electrons. The Hall–Kier alpha value is -1.30. The lowest BCUT2D eigenvalue weighted by atomic mass is 9.73. The molecule has 36 heavy (non-hydrogen) atoms. The van der Waals surface area contributed by atoms with Gasteiger partial charge in [0.15, 0.2) is 5.17 Å². The molecule has 0 fully saturated rings. The van der Waals surface area contributed by atoms with E-state index in [1.807, 2.05) is 0 Å². The van der Waals surface area contributed by atoms with Crippen molar-refractivity contribution < 1.29 is 27.8 Å². The lowest BCUT2D eigenvalue weighted by Gasteiger charge is -2.47. The number of rotatable bonds is 8. The molecule has 1 aliphatic heterocycles. The van der Waals surface area contributed by atoms with E-state index in [2.05, 4.69) is 40.6 Å². The maximum atomic E-state index is 15.1. The molecule has 2 rings (SSSR count). The Labute approximate surface area is 226 Å². The fourth-order valence-corrected chi connectivity index (χ4v) is 6.05. The SMILES string of the molecule is C[C@@H]1[C@@](C)(C=O)SC(N(COCC[Si](C)(C)C)C(=O)OC(C)(C)C)=N[C@]1(CF)c1cc(Br)ccc1F. The van der Waals surface area contributed by atoms with Gasteiger partial charge in [-0.3, -0.25) is 0 Å². The van der Waals surface area contributed by atoms with Gasteiger partial charge in [0.2, 0.25) is 0 Å². The van der Waals surface area contributed by atoms with Gasteiger partial charge in [-0.2, -0.15) is 0 Å². The molecule has 1 heterocycles.